The zero-order valence-electron chi connectivity index (χ0n) is 19.9. The fourth-order valence-electron chi connectivity index (χ4n) is 4.49. The zero-order chi connectivity index (χ0) is 25.3. The van der Waals surface area contributed by atoms with Crippen molar-refractivity contribution in [2.24, 2.45) is 0 Å². The molecule has 0 unspecified atom stereocenters. The topological polar surface area (TPSA) is 112 Å². The summed E-state index contributed by atoms with van der Waals surface area (Å²) in [5, 5.41) is 12.8. The minimum absolute atomic E-state index is 0.0288. The van der Waals surface area contributed by atoms with Crippen molar-refractivity contribution in [3.05, 3.63) is 70.8 Å². The summed E-state index contributed by atoms with van der Waals surface area (Å²) in [6.45, 7) is 3.65. The third-order valence-electron chi connectivity index (χ3n) is 6.25. The van der Waals surface area contributed by atoms with Gasteiger partial charge in [-0.3, -0.25) is 0 Å². The molecule has 0 amide bonds. The predicted octanol–water partition coefficient (Wildman–Crippen LogP) is 4.99. The van der Waals surface area contributed by atoms with Gasteiger partial charge in [-0.1, -0.05) is 53.0 Å². The lowest BCUT2D eigenvalue weighted by molar-refractivity contribution is 0.293. The molecule has 0 atom stereocenters. The fraction of sp³-hybridized carbons (Fsp3) is 0.320. The van der Waals surface area contributed by atoms with Crippen LogP contribution < -0.4 is 9.46 Å². The van der Waals surface area contributed by atoms with E-state index in [1.54, 1.807) is 42.1 Å². The molecular formula is C25H26ClN5O4S. The number of rotatable bonds is 8. The van der Waals surface area contributed by atoms with E-state index < -0.39 is 10.0 Å². The van der Waals surface area contributed by atoms with Gasteiger partial charge in [-0.25, -0.2) is 17.8 Å². The van der Waals surface area contributed by atoms with Gasteiger partial charge in [-0.15, -0.1) is 5.10 Å². The Labute approximate surface area is 214 Å². The standard InChI is InChI=1S/C25H26ClN5O4S/c1-16-25(17(2)35-28-16)18-11-12-23(24(13-18)36(32,33)29-19-7-3-4-8-19)34-15-20-14-31(30-27-20)22-10-6-5-9-21(22)26/h5-6,9-14,19,29H,3-4,7-8,15H2,1-2H3. The average Bonchev–Trinajstić information content (AvgIpc) is 3.60. The largest absolute Gasteiger partial charge is 0.486 e. The molecule has 1 N–H and O–H groups in total. The molecule has 2 heterocycles. The second-order valence-corrected chi connectivity index (χ2v) is 10.9. The van der Waals surface area contributed by atoms with Crippen molar-refractivity contribution in [3.63, 3.8) is 0 Å². The third kappa shape index (κ3) is 5.02. The summed E-state index contributed by atoms with van der Waals surface area (Å²) in [5.74, 6) is 0.841. The van der Waals surface area contributed by atoms with Crippen molar-refractivity contribution < 1.29 is 17.7 Å². The molecule has 5 rings (SSSR count). The van der Waals surface area contributed by atoms with Gasteiger partial charge in [0.2, 0.25) is 10.0 Å². The highest BCUT2D eigenvalue weighted by atomic mass is 35.5. The van der Waals surface area contributed by atoms with E-state index in [1.165, 1.54) is 0 Å². The summed E-state index contributed by atoms with van der Waals surface area (Å²) in [7, 11) is -3.85. The Bertz CT molecular complexity index is 1470. The number of aryl methyl sites for hydroxylation is 2. The maximum absolute atomic E-state index is 13.5. The summed E-state index contributed by atoms with van der Waals surface area (Å²) in [6, 6.07) is 12.3. The molecule has 0 saturated heterocycles. The first-order valence-corrected chi connectivity index (χ1v) is 13.6. The molecule has 2 aromatic carbocycles. The van der Waals surface area contributed by atoms with Crippen LogP contribution in [0.3, 0.4) is 0 Å². The second kappa shape index (κ2) is 10.0. The number of aromatic nitrogens is 4. The Morgan fingerprint density at radius 3 is 2.67 bits per heavy atom. The molecule has 1 aliphatic carbocycles. The first-order valence-electron chi connectivity index (χ1n) is 11.7. The van der Waals surface area contributed by atoms with Crippen LogP contribution in [0.5, 0.6) is 5.75 Å². The molecule has 1 aliphatic rings. The molecule has 0 bridgehead atoms. The summed E-state index contributed by atoms with van der Waals surface area (Å²) >= 11 is 6.26. The lowest BCUT2D eigenvalue weighted by atomic mass is 10.0. The van der Waals surface area contributed by atoms with E-state index >= 15 is 0 Å². The van der Waals surface area contributed by atoms with Crippen LogP contribution >= 0.6 is 11.6 Å². The first kappa shape index (κ1) is 24.5. The lowest BCUT2D eigenvalue weighted by Gasteiger charge is -2.16. The molecule has 0 spiro atoms. The van der Waals surface area contributed by atoms with Gasteiger partial charge >= 0.3 is 0 Å². The Morgan fingerprint density at radius 1 is 1.17 bits per heavy atom. The zero-order valence-corrected chi connectivity index (χ0v) is 21.5. The van der Waals surface area contributed by atoms with Crippen molar-refractivity contribution in [1.29, 1.82) is 0 Å². The van der Waals surface area contributed by atoms with Crippen LogP contribution in [0.4, 0.5) is 0 Å². The molecule has 36 heavy (non-hydrogen) atoms. The molecule has 11 heteroatoms. The smallest absolute Gasteiger partial charge is 0.244 e. The van der Waals surface area contributed by atoms with Crippen LogP contribution in [0.25, 0.3) is 16.8 Å². The van der Waals surface area contributed by atoms with Crippen molar-refractivity contribution in [2.75, 3.05) is 0 Å². The Balaban J connectivity index is 1.45. The minimum Gasteiger partial charge on any atom is -0.486 e. The second-order valence-electron chi connectivity index (χ2n) is 8.86. The first-order chi connectivity index (χ1) is 17.3. The number of sulfonamides is 1. The van der Waals surface area contributed by atoms with Crippen molar-refractivity contribution in [3.8, 4) is 22.6 Å². The number of ether oxygens (including phenoxy) is 1. The van der Waals surface area contributed by atoms with E-state index in [2.05, 4.69) is 20.2 Å². The van der Waals surface area contributed by atoms with E-state index in [-0.39, 0.29) is 23.3 Å². The number of hydrogen-bond donors (Lipinski definition) is 1. The van der Waals surface area contributed by atoms with E-state index in [4.69, 9.17) is 20.9 Å². The number of para-hydroxylation sites is 1. The quantitative estimate of drug-likeness (QED) is 0.343. The highest BCUT2D eigenvalue weighted by molar-refractivity contribution is 7.89. The van der Waals surface area contributed by atoms with Crippen LogP contribution in [0.15, 0.2) is 58.1 Å². The van der Waals surface area contributed by atoms with Crippen LogP contribution in [-0.2, 0) is 16.6 Å². The summed E-state index contributed by atoms with van der Waals surface area (Å²) in [6.07, 6.45) is 5.37. The summed E-state index contributed by atoms with van der Waals surface area (Å²) in [4.78, 5) is 0.0606. The highest BCUT2D eigenvalue weighted by Gasteiger charge is 2.27. The molecule has 9 nitrogen and oxygen atoms in total. The monoisotopic (exact) mass is 527 g/mol. The number of hydrogen-bond acceptors (Lipinski definition) is 7. The minimum atomic E-state index is -3.85. The van der Waals surface area contributed by atoms with Gasteiger partial charge in [-0.05, 0) is 56.5 Å². The van der Waals surface area contributed by atoms with Gasteiger partial charge in [0.15, 0.2) is 0 Å². The van der Waals surface area contributed by atoms with Crippen LogP contribution in [0.1, 0.15) is 42.8 Å². The molecule has 0 aliphatic heterocycles. The predicted molar refractivity (Wildman–Crippen MR) is 135 cm³/mol. The van der Waals surface area contributed by atoms with E-state index in [1.807, 2.05) is 25.1 Å². The van der Waals surface area contributed by atoms with Gasteiger partial charge in [0.25, 0.3) is 0 Å². The average molecular weight is 528 g/mol. The molecule has 1 saturated carbocycles. The van der Waals surface area contributed by atoms with Crippen molar-refractivity contribution >= 4 is 21.6 Å². The molecule has 1 fully saturated rings. The van der Waals surface area contributed by atoms with E-state index in [0.717, 1.165) is 31.2 Å². The molecule has 4 aromatic rings. The third-order valence-corrected chi connectivity index (χ3v) is 8.11. The Hall–Kier alpha value is -3.21. The van der Waals surface area contributed by atoms with E-state index in [9.17, 15) is 8.42 Å². The number of benzene rings is 2. The van der Waals surface area contributed by atoms with Gasteiger partial charge < -0.3 is 9.26 Å². The van der Waals surface area contributed by atoms with Gasteiger partial charge in [0.1, 0.15) is 28.7 Å². The number of halogens is 1. The maximum Gasteiger partial charge on any atom is 0.244 e. The molecule has 2 aromatic heterocycles. The van der Waals surface area contributed by atoms with Crippen molar-refractivity contribution in [2.45, 2.75) is 57.1 Å². The molecular weight excluding hydrogens is 502 g/mol. The molecule has 188 valence electrons. The Morgan fingerprint density at radius 2 is 1.94 bits per heavy atom. The van der Waals surface area contributed by atoms with Gasteiger partial charge in [-0.2, -0.15) is 0 Å². The van der Waals surface area contributed by atoms with Crippen LogP contribution in [-0.4, -0.2) is 34.6 Å². The van der Waals surface area contributed by atoms with Crippen molar-refractivity contribution in [1.82, 2.24) is 24.9 Å². The van der Waals surface area contributed by atoms with E-state index in [0.29, 0.717) is 33.4 Å². The Kier molecular flexibility index (Phi) is 6.83. The maximum atomic E-state index is 13.5. The lowest BCUT2D eigenvalue weighted by Crippen LogP contribution is -2.33. The van der Waals surface area contributed by atoms with Crippen LogP contribution in [0.2, 0.25) is 5.02 Å². The SMILES string of the molecule is Cc1noc(C)c1-c1ccc(OCc2cn(-c3ccccc3Cl)nn2)c(S(=O)(=O)NC2CCCC2)c1. The normalized spacial score (nSPS) is 14.4. The molecule has 0 radical (unpaired) electrons. The van der Waals surface area contributed by atoms with Gasteiger partial charge in [0, 0.05) is 11.6 Å². The summed E-state index contributed by atoms with van der Waals surface area (Å²) in [5.41, 5.74) is 3.35. The number of nitrogens with zero attached hydrogens (tertiary/aromatic N) is 4. The van der Waals surface area contributed by atoms with Gasteiger partial charge in [0.05, 0.1) is 22.6 Å². The number of nitrogens with one attached hydrogen (secondary N) is 1. The fourth-order valence-corrected chi connectivity index (χ4v) is 6.18. The summed E-state index contributed by atoms with van der Waals surface area (Å²) < 4.78 is 42.6. The highest BCUT2D eigenvalue weighted by Crippen LogP contribution is 2.34. The van der Waals surface area contributed by atoms with Crippen LogP contribution in [0, 0.1) is 13.8 Å².